The number of nitrogen functional groups attached to an aromatic ring is 1. The highest BCUT2D eigenvalue weighted by molar-refractivity contribution is 5.94. The van der Waals surface area contributed by atoms with Gasteiger partial charge in [-0.25, -0.2) is 0 Å². The Morgan fingerprint density at radius 1 is 0.935 bits per heavy atom. The number of unbranched alkanes of at least 4 members (excludes halogenated alkanes) is 7. The number of hydrogen-bond donors (Lipinski definition) is 5. The minimum Gasteiger partial charge on any atom is -0.494 e. The van der Waals surface area contributed by atoms with E-state index in [0.29, 0.717) is 12.2 Å². The molecule has 0 saturated heterocycles. The number of hydrogen-bond acceptors (Lipinski definition) is 6. The predicted molar refractivity (Wildman–Crippen MR) is 130 cm³/mol. The molecule has 1 aromatic carbocycles. The molecular formula is C24H40N6O. The lowest BCUT2D eigenvalue weighted by atomic mass is 10.0. The van der Waals surface area contributed by atoms with E-state index in [1.807, 2.05) is 12.1 Å². The first-order chi connectivity index (χ1) is 15.1. The number of nitrogens with two attached hydrogens (primary N) is 1. The van der Waals surface area contributed by atoms with E-state index in [1.165, 1.54) is 38.5 Å². The third-order valence-electron chi connectivity index (χ3n) is 5.43. The third-order valence-corrected chi connectivity index (χ3v) is 5.43. The van der Waals surface area contributed by atoms with Gasteiger partial charge < -0.3 is 26.5 Å². The van der Waals surface area contributed by atoms with Gasteiger partial charge in [0.1, 0.15) is 11.6 Å². The summed E-state index contributed by atoms with van der Waals surface area (Å²) in [5.41, 5.74) is 7.03. The highest BCUT2D eigenvalue weighted by Crippen LogP contribution is 2.13. The van der Waals surface area contributed by atoms with Gasteiger partial charge in [-0.2, -0.15) is 0 Å². The van der Waals surface area contributed by atoms with Gasteiger partial charge in [0.2, 0.25) is 0 Å². The smallest absolute Gasteiger partial charge is 0.191 e. The molecular weight excluding hydrogens is 388 g/mol. The second-order valence-corrected chi connectivity index (χ2v) is 8.16. The molecule has 1 aliphatic heterocycles. The van der Waals surface area contributed by atoms with E-state index in [1.54, 1.807) is 12.1 Å². The molecule has 0 atom stereocenters. The van der Waals surface area contributed by atoms with E-state index in [2.05, 4.69) is 15.6 Å². The number of aliphatic imine (C=N–C) groups is 1. The van der Waals surface area contributed by atoms with Gasteiger partial charge >= 0.3 is 0 Å². The lowest BCUT2D eigenvalue weighted by molar-refractivity contribution is 0.308. The van der Waals surface area contributed by atoms with Crippen LogP contribution in [0.5, 0.6) is 5.75 Å². The Morgan fingerprint density at radius 3 is 2.23 bits per heavy atom. The van der Waals surface area contributed by atoms with Crippen LogP contribution in [0.4, 0.5) is 0 Å². The number of rotatable bonds is 17. The van der Waals surface area contributed by atoms with Crippen LogP contribution in [0.25, 0.3) is 0 Å². The minimum atomic E-state index is 0.0709. The van der Waals surface area contributed by atoms with Gasteiger partial charge in [0.25, 0.3) is 0 Å². The van der Waals surface area contributed by atoms with Gasteiger partial charge in [0, 0.05) is 24.4 Å². The molecule has 0 radical (unpaired) electrons. The molecule has 0 amide bonds. The van der Waals surface area contributed by atoms with Crippen molar-refractivity contribution in [2.45, 2.75) is 70.6 Å². The number of nitrogens with one attached hydrogen (secondary N) is 4. The fourth-order valence-electron chi connectivity index (χ4n) is 3.56. The SMILES string of the molecule is N=C(CCCCCCCCCNC1=NCCN1)CCCCOc1ccc(C(=N)N)cc1. The van der Waals surface area contributed by atoms with Crippen molar-refractivity contribution in [2.75, 3.05) is 26.2 Å². The fraction of sp³-hybridized carbons (Fsp3) is 0.625. The zero-order chi connectivity index (χ0) is 22.2. The van der Waals surface area contributed by atoms with Crippen LogP contribution < -0.4 is 21.1 Å². The molecule has 7 heteroatoms. The van der Waals surface area contributed by atoms with Gasteiger partial charge in [-0.3, -0.25) is 10.4 Å². The molecule has 0 aromatic heterocycles. The van der Waals surface area contributed by atoms with Crippen molar-refractivity contribution >= 4 is 17.5 Å². The standard InChI is InChI=1S/C24H40N6O/c25-21(11-7-9-19-31-22-14-12-20(13-15-22)23(26)27)10-6-4-2-1-3-5-8-16-28-24-29-17-18-30-24/h12-15,25H,1-11,16-19H2,(H3,26,27)(H2,28,29,30). The first-order valence-electron chi connectivity index (χ1n) is 11.8. The van der Waals surface area contributed by atoms with Crippen molar-refractivity contribution in [3.05, 3.63) is 29.8 Å². The molecule has 0 fully saturated rings. The Labute approximate surface area is 187 Å². The summed E-state index contributed by atoms with van der Waals surface area (Å²) in [4.78, 5) is 4.33. The molecule has 31 heavy (non-hydrogen) atoms. The van der Waals surface area contributed by atoms with E-state index in [9.17, 15) is 0 Å². The second kappa shape index (κ2) is 15.3. The molecule has 6 N–H and O–H groups in total. The summed E-state index contributed by atoms with van der Waals surface area (Å²) in [6.07, 6.45) is 12.5. The predicted octanol–water partition coefficient (Wildman–Crippen LogP) is 4.21. The number of nitrogens with zero attached hydrogens (tertiary/aromatic N) is 1. The molecule has 172 valence electrons. The van der Waals surface area contributed by atoms with Crippen LogP contribution in [-0.4, -0.2) is 43.7 Å². The van der Waals surface area contributed by atoms with Crippen LogP contribution in [-0.2, 0) is 0 Å². The molecule has 0 unspecified atom stereocenters. The van der Waals surface area contributed by atoms with Crippen LogP contribution >= 0.6 is 0 Å². The van der Waals surface area contributed by atoms with Crippen molar-refractivity contribution in [3.63, 3.8) is 0 Å². The normalized spacial score (nSPS) is 12.8. The Bertz CT molecular complexity index is 686. The number of benzene rings is 1. The Morgan fingerprint density at radius 2 is 1.58 bits per heavy atom. The van der Waals surface area contributed by atoms with E-state index >= 15 is 0 Å². The first kappa shape index (κ1) is 24.7. The lowest BCUT2D eigenvalue weighted by Gasteiger charge is -2.08. The lowest BCUT2D eigenvalue weighted by Crippen LogP contribution is -2.34. The summed E-state index contributed by atoms with van der Waals surface area (Å²) in [7, 11) is 0. The third kappa shape index (κ3) is 11.4. The summed E-state index contributed by atoms with van der Waals surface area (Å²) >= 11 is 0. The minimum absolute atomic E-state index is 0.0709. The molecule has 1 aromatic rings. The summed E-state index contributed by atoms with van der Waals surface area (Å²) < 4.78 is 5.71. The van der Waals surface area contributed by atoms with Crippen molar-refractivity contribution in [1.29, 1.82) is 10.8 Å². The van der Waals surface area contributed by atoms with E-state index in [4.69, 9.17) is 21.3 Å². The molecule has 0 spiro atoms. The van der Waals surface area contributed by atoms with Gasteiger partial charge in [0.15, 0.2) is 5.96 Å². The zero-order valence-corrected chi connectivity index (χ0v) is 18.8. The van der Waals surface area contributed by atoms with Gasteiger partial charge in [-0.05, 0) is 62.8 Å². The first-order valence-corrected chi connectivity index (χ1v) is 11.8. The second-order valence-electron chi connectivity index (χ2n) is 8.16. The van der Waals surface area contributed by atoms with Crippen molar-refractivity contribution < 1.29 is 4.74 Å². The molecule has 2 rings (SSSR count). The largest absolute Gasteiger partial charge is 0.494 e. The molecule has 0 bridgehead atoms. The summed E-state index contributed by atoms with van der Waals surface area (Å²) in [5, 5.41) is 22.1. The molecule has 1 heterocycles. The van der Waals surface area contributed by atoms with E-state index < -0.39 is 0 Å². The Kier molecular flexibility index (Phi) is 12.2. The van der Waals surface area contributed by atoms with Gasteiger partial charge in [-0.1, -0.05) is 32.1 Å². The van der Waals surface area contributed by atoms with Crippen molar-refractivity contribution in [2.24, 2.45) is 10.7 Å². The van der Waals surface area contributed by atoms with Crippen LogP contribution in [0.1, 0.15) is 76.2 Å². The van der Waals surface area contributed by atoms with Crippen LogP contribution in [0.15, 0.2) is 29.3 Å². The Balaban J connectivity index is 1.34. The molecule has 0 saturated carbocycles. The summed E-state index contributed by atoms with van der Waals surface area (Å²) in [6, 6.07) is 7.29. The average molecular weight is 429 g/mol. The zero-order valence-electron chi connectivity index (χ0n) is 18.8. The number of amidine groups is 1. The van der Waals surface area contributed by atoms with Crippen molar-refractivity contribution in [3.8, 4) is 5.75 Å². The fourth-order valence-corrected chi connectivity index (χ4v) is 3.56. The monoisotopic (exact) mass is 428 g/mol. The average Bonchev–Trinajstić information content (AvgIpc) is 3.28. The van der Waals surface area contributed by atoms with Crippen LogP contribution in [0.3, 0.4) is 0 Å². The Hall–Kier alpha value is -2.57. The topological polar surface area (TPSA) is 119 Å². The maximum absolute atomic E-state index is 8.12. The van der Waals surface area contributed by atoms with Crippen LogP contribution in [0.2, 0.25) is 0 Å². The van der Waals surface area contributed by atoms with Crippen LogP contribution in [0, 0.1) is 10.8 Å². The molecule has 7 nitrogen and oxygen atoms in total. The maximum atomic E-state index is 8.12. The van der Waals surface area contributed by atoms with E-state index in [-0.39, 0.29) is 5.84 Å². The van der Waals surface area contributed by atoms with Gasteiger partial charge in [0.05, 0.1) is 13.2 Å². The molecule has 1 aliphatic rings. The highest BCUT2D eigenvalue weighted by Gasteiger charge is 2.03. The summed E-state index contributed by atoms with van der Waals surface area (Å²) in [5.74, 6) is 1.84. The van der Waals surface area contributed by atoms with Gasteiger partial charge in [-0.15, -0.1) is 0 Å². The quantitative estimate of drug-likeness (QED) is 0.145. The summed E-state index contributed by atoms with van der Waals surface area (Å²) in [6.45, 7) is 3.54. The maximum Gasteiger partial charge on any atom is 0.191 e. The number of guanidine groups is 1. The molecule has 0 aliphatic carbocycles. The van der Waals surface area contributed by atoms with E-state index in [0.717, 1.165) is 69.2 Å². The van der Waals surface area contributed by atoms with Crippen molar-refractivity contribution in [1.82, 2.24) is 10.6 Å². The number of ether oxygens (including phenoxy) is 1. The highest BCUT2D eigenvalue weighted by atomic mass is 16.5.